The third kappa shape index (κ3) is 5.88. The minimum absolute atomic E-state index is 0.156. The summed E-state index contributed by atoms with van der Waals surface area (Å²) in [7, 11) is 0. The summed E-state index contributed by atoms with van der Waals surface area (Å²) < 4.78 is 0. The van der Waals surface area contributed by atoms with E-state index in [1.165, 1.54) is 0 Å². The summed E-state index contributed by atoms with van der Waals surface area (Å²) in [6.07, 6.45) is 3.90. The van der Waals surface area contributed by atoms with Gasteiger partial charge in [-0.3, -0.25) is 0 Å². The molecule has 0 saturated carbocycles. The zero-order chi connectivity index (χ0) is 12.9. The first-order valence-corrected chi connectivity index (χ1v) is 6.52. The first kappa shape index (κ1) is 15.0. The fraction of sp³-hybridized carbons (Fsp3) is 0.778. The van der Waals surface area contributed by atoms with E-state index in [4.69, 9.17) is 46.3 Å². The minimum Gasteiger partial charge on any atom is -0.316 e. The van der Waals surface area contributed by atoms with Gasteiger partial charge in [-0.1, -0.05) is 24.4 Å². The van der Waals surface area contributed by atoms with Crippen LogP contribution in [-0.4, -0.2) is 21.9 Å². The number of nitrogens with zero attached hydrogens (tertiary/aromatic N) is 2. The molecule has 98 valence electrons. The van der Waals surface area contributed by atoms with Gasteiger partial charge in [0.25, 0.3) is 0 Å². The van der Waals surface area contributed by atoms with Crippen molar-refractivity contribution in [3.8, 4) is 0 Å². The van der Waals surface area contributed by atoms with E-state index >= 15 is 0 Å². The normalized spacial score (nSPS) is 18.7. The van der Waals surface area contributed by atoms with Crippen molar-refractivity contribution < 1.29 is 0 Å². The van der Waals surface area contributed by atoms with Crippen LogP contribution in [0.15, 0.2) is 9.98 Å². The summed E-state index contributed by atoms with van der Waals surface area (Å²) in [5.41, 5.74) is 10.9. The highest BCUT2D eigenvalue weighted by atomic mass is 35.5. The van der Waals surface area contributed by atoms with Gasteiger partial charge >= 0.3 is 0 Å². The van der Waals surface area contributed by atoms with Gasteiger partial charge in [-0.05, 0) is 36.0 Å². The van der Waals surface area contributed by atoms with Crippen molar-refractivity contribution in [3.05, 3.63) is 0 Å². The molecule has 0 atom stereocenters. The smallest absolute Gasteiger partial charge is 0.231 e. The number of hydrogen-bond acceptors (Lipinski definition) is 5. The molecule has 0 unspecified atom stereocenters. The van der Waals surface area contributed by atoms with Gasteiger partial charge in [0.2, 0.25) is 15.7 Å². The molecule has 1 aliphatic rings. The predicted octanol–water partition coefficient (Wildman–Crippen LogP) is 1.87. The van der Waals surface area contributed by atoms with Crippen molar-refractivity contribution in [2.45, 2.75) is 43.4 Å². The van der Waals surface area contributed by atoms with Gasteiger partial charge in [0, 0.05) is 6.42 Å². The van der Waals surface area contributed by atoms with E-state index in [0.717, 1.165) is 25.7 Å². The number of nitrogens with two attached hydrogens (primary N) is 2. The minimum atomic E-state index is -1.08. The third-order valence-electron chi connectivity index (χ3n) is 2.28. The Labute approximate surface area is 116 Å². The second kappa shape index (κ2) is 6.75. The molecule has 0 spiro atoms. The van der Waals surface area contributed by atoms with Gasteiger partial charge in [0.05, 0.1) is 6.17 Å². The van der Waals surface area contributed by atoms with Crippen molar-refractivity contribution in [2.24, 2.45) is 21.5 Å². The summed E-state index contributed by atoms with van der Waals surface area (Å²) >= 11 is 17.6. The number of aliphatic imine (C=N–C) groups is 2. The van der Waals surface area contributed by atoms with E-state index in [-0.39, 0.29) is 16.8 Å². The van der Waals surface area contributed by atoms with Gasteiger partial charge in [-0.2, -0.15) is 0 Å². The molecule has 0 fully saturated rings. The third-order valence-corrected chi connectivity index (χ3v) is 2.99. The highest BCUT2D eigenvalue weighted by molar-refractivity contribution is 6.73. The fourth-order valence-electron chi connectivity index (χ4n) is 1.49. The maximum Gasteiger partial charge on any atom is 0.231 e. The van der Waals surface area contributed by atoms with E-state index in [2.05, 4.69) is 15.3 Å². The maximum absolute atomic E-state index is 6.17. The van der Waals surface area contributed by atoms with E-state index in [9.17, 15) is 0 Å². The molecule has 0 saturated heterocycles. The van der Waals surface area contributed by atoms with E-state index in [1.54, 1.807) is 0 Å². The molecule has 5 N–H and O–H groups in total. The van der Waals surface area contributed by atoms with Gasteiger partial charge < -0.3 is 16.8 Å². The van der Waals surface area contributed by atoms with Crippen LogP contribution in [0.5, 0.6) is 0 Å². The Hall–Kier alpha value is -0.0700. The Bertz CT molecular complexity index is 298. The second-order valence-electron chi connectivity index (χ2n) is 3.91. The van der Waals surface area contributed by atoms with Gasteiger partial charge in [0.1, 0.15) is 0 Å². The molecule has 0 aromatic rings. The number of nitrogens with one attached hydrogen (secondary N) is 1. The number of rotatable bonds is 6. The molecule has 1 rings (SSSR count). The van der Waals surface area contributed by atoms with Crippen LogP contribution in [0.4, 0.5) is 0 Å². The number of hydrogen-bond donors (Lipinski definition) is 3. The van der Waals surface area contributed by atoms with E-state index < -0.39 is 5.12 Å². The zero-order valence-electron chi connectivity index (χ0n) is 9.30. The molecule has 1 heterocycles. The van der Waals surface area contributed by atoms with Crippen LogP contribution in [0.1, 0.15) is 32.1 Å². The van der Waals surface area contributed by atoms with Gasteiger partial charge in [0.15, 0.2) is 0 Å². The summed E-state index contributed by atoms with van der Waals surface area (Å²) in [6, 6.07) is 0. The lowest BCUT2D eigenvalue weighted by atomic mass is 10.1. The van der Waals surface area contributed by atoms with Crippen LogP contribution in [0, 0.1) is 0 Å². The predicted molar refractivity (Wildman–Crippen MR) is 73.5 cm³/mol. The van der Waals surface area contributed by atoms with Crippen LogP contribution in [0.2, 0.25) is 0 Å². The molecule has 0 aromatic carbocycles. The molecule has 5 nitrogen and oxygen atoms in total. The van der Waals surface area contributed by atoms with Crippen molar-refractivity contribution in [2.75, 3.05) is 0 Å². The summed E-state index contributed by atoms with van der Waals surface area (Å²) in [4.78, 5) is 8.02. The summed E-state index contributed by atoms with van der Waals surface area (Å²) in [6.45, 7) is 0. The average molecular weight is 301 g/mol. The lowest BCUT2D eigenvalue weighted by molar-refractivity contribution is 0.498. The summed E-state index contributed by atoms with van der Waals surface area (Å²) in [5, 5.41) is 1.80. The summed E-state index contributed by atoms with van der Waals surface area (Å²) in [5.74, 6) is 0. The van der Waals surface area contributed by atoms with Gasteiger partial charge in [-0.15, -0.1) is 0 Å². The van der Waals surface area contributed by atoms with Crippen molar-refractivity contribution in [3.63, 3.8) is 0 Å². The number of unbranched alkanes of at least 4 members (excludes halogenated alkanes) is 2. The van der Waals surface area contributed by atoms with Crippen LogP contribution < -0.4 is 16.8 Å². The SMILES string of the molecule is NC(N)CCCCCC1(Cl)N=C(Cl)NC(Cl)=N1. The average Bonchev–Trinajstić information content (AvgIpc) is 2.13. The van der Waals surface area contributed by atoms with Gasteiger partial charge in [-0.25, -0.2) is 9.98 Å². The molecular formula is C9H16Cl3N5. The second-order valence-corrected chi connectivity index (χ2v) is 5.23. The Morgan fingerprint density at radius 1 is 1.12 bits per heavy atom. The Kier molecular flexibility index (Phi) is 5.95. The number of halogens is 3. The largest absolute Gasteiger partial charge is 0.316 e. The highest BCUT2D eigenvalue weighted by Gasteiger charge is 2.29. The molecule has 1 aliphatic heterocycles. The molecule has 0 aromatic heterocycles. The number of alkyl halides is 1. The molecule has 8 heteroatoms. The monoisotopic (exact) mass is 299 g/mol. The van der Waals surface area contributed by atoms with E-state index in [0.29, 0.717) is 6.42 Å². The Balaban J connectivity index is 2.32. The lowest BCUT2D eigenvalue weighted by Crippen LogP contribution is -2.34. The molecule has 17 heavy (non-hydrogen) atoms. The molecular weight excluding hydrogens is 284 g/mol. The van der Waals surface area contributed by atoms with Crippen molar-refractivity contribution in [1.29, 1.82) is 0 Å². The fourth-order valence-corrected chi connectivity index (χ4v) is 2.38. The van der Waals surface area contributed by atoms with Crippen LogP contribution >= 0.6 is 34.8 Å². The Morgan fingerprint density at radius 3 is 2.24 bits per heavy atom. The lowest BCUT2D eigenvalue weighted by Gasteiger charge is -2.22. The topological polar surface area (TPSA) is 88.8 Å². The molecule has 0 radical (unpaired) electrons. The first-order chi connectivity index (χ1) is 7.91. The molecule has 0 amide bonds. The first-order valence-electron chi connectivity index (χ1n) is 5.39. The zero-order valence-corrected chi connectivity index (χ0v) is 11.6. The van der Waals surface area contributed by atoms with E-state index in [1.807, 2.05) is 0 Å². The quantitative estimate of drug-likeness (QED) is 0.303. The standard InChI is InChI=1S/C9H16Cl3N5/c10-7-15-8(11)17-9(12,16-7)5-3-1-2-4-6(13)14/h6H,1-5,13-14H2,(H,15,16,17). The molecule has 0 bridgehead atoms. The van der Waals surface area contributed by atoms with Crippen molar-refractivity contribution in [1.82, 2.24) is 5.32 Å². The number of amidine groups is 2. The Morgan fingerprint density at radius 2 is 1.71 bits per heavy atom. The van der Waals surface area contributed by atoms with Crippen molar-refractivity contribution >= 4 is 45.4 Å². The van der Waals surface area contributed by atoms with Crippen LogP contribution in [0.25, 0.3) is 0 Å². The molecule has 0 aliphatic carbocycles. The highest BCUT2D eigenvalue weighted by Crippen LogP contribution is 2.29. The van der Waals surface area contributed by atoms with Crippen LogP contribution in [-0.2, 0) is 0 Å². The van der Waals surface area contributed by atoms with Crippen LogP contribution in [0.3, 0.4) is 0 Å². The maximum atomic E-state index is 6.17.